The third kappa shape index (κ3) is 5.24. The van der Waals surface area contributed by atoms with E-state index in [0.29, 0.717) is 21.9 Å². The summed E-state index contributed by atoms with van der Waals surface area (Å²) in [6.45, 7) is 3.37. The Labute approximate surface area is 185 Å². The van der Waals surface area contributed by atoms with Crippen LogP contribution in [0.5, 0.6) is 11.5 Å². The predicted octanol–water partition coefficient (Wildman–Crippen LogP) is 4.19. The molecular formula is C20H16O11P2. The third-order valence-corrected chi connectivity index (χ3v) is 7.01. The molecule has 13 heteroatoms. The molecule has 11 nitrogen and oxygen atoms in total. The summed E-state index contributed by atoms with van der Waals surface area (Å²) >= 11 is 0. The van der Waals surface area contributed by atoms with Gasteiger partial charge in [0.2, 0.25) is 0 Å². The number of benzene rings is 2. The molecule has 0 radical (unpaired) electrons. The molecule has 2 aromatic heterocycles. The van der Waals surface area contributed by atoms with E-state index >= 15 is 0 Å². The largest absolute Gasteiger partial charge is 0.596 e. The number of rotatable bonds is 6. The molecule has 0 bridgehead atoms. The van der Waals surface area contributed by atoms with Crippen molar-refractivity contribution < 1.29 is 41.1 Å². The molecule has 0 amide bonds. The van der Waals surface area contributed by atoms with E-state index in [1.807, 2.05) is 0 Å². The Morgan fingerprint density at radius 2 is 1.15 bits per heavy atom. The summed E-state index contributed by atoms with van der Waals surface area (Å²) in [4.78, 5) is 41.7. The van der Waals surface area contributed by atoms with E-state index < -0.39 is 26.9 Å². The van der Waals surface area contributed by atoms with Gasteiger partial charge in [0.05, 0.1) is 0 Å². The molecule has 33 heavy (non-hydrogen) atoms. The van der Waals surface area contributed by atoms with E-state index in [4.69, 9.17) is 17.9 Å². The van der Waals surface area contributed by atoms with Gasteiger partial charge in [0.15, 0.2) is 0 Å². The van der Waals surface area contributed by atoms with Gasteiger partial charge in [-0.15, -0.1) is 0 Å². The Kier molecular flexibility index (Phi) is 5.78. The second kappa shape index (κ2) is 8.30. The van der Waals surface area contributed by atoms with Crippen LogP contribution in [0, 0.1) is 13.8 Å². The third-order valence-electron chi connectivity index (χ3n) is 4.49. The van der Waals surface area contributed by atoms with Gasteiger partial charge in [-0.1, -0.05) is 0 Å². The minimum absolute atomic E-state index is 0.0863. The van der Waals surface area contributed by atoms with Gasteiger partial charge >= 0.3 is 26.9 Å². The van der Waals surface area contributed by atoms with E-state index in [-0.39, 0.29) is 22.7 Å². The number of hydrogen-bond acceptors (Lipinski definition) is 9. The quantitative estimate of drug-likeness (QED) is 0.292. The molecule has 4 aromatic rings. The summed E-state index contributed by atoms with van der Waals surface area (Å²) in [5, 5.41) is 1.13. The SMILES string of the molecule is Cc1cc(=O)oc2cc(OP(=O)(Oc3ccc4c(C)cc(=O)oc4c3)OP(=O)(O)O)ccc12. The molecule has 2 heterocycles. The van der Waals surface area contributed by atoms with Crippen molar-refractivity contribution in [2.24, 2.45) is 0 Å². The summed E-state index contributed by atoms with van der Waals surface area (Å²) in [6, 6.07) is 10.6. The first-order chi connectivity index (χ1) is 15.4. The molecule has 0 unspecified atom stereocenters. The highest BCUT2D eigenvalue weighted by atomic mass is 31.3. The van der Waals surface area contributed by atoms with Crippen LogP contribution in [0.1, 0.15) is 11.1 Å². The zero-order valence-corrected chi connectivity index (χ0v) is 18.9. The number of aryl methyl sites for hydroxylation is 2. The molecule has 0 saturated heterocycles. The highest BCUT2D eigenvalue weighted by molar-refractivity contribution is 7.61. The Morgan fingerprint density at radius 3 is 1.55 bits per heavy atom. The highest BCUT2D eigenvalue weighted by Gasteiger charge is 2.39. The lowest BCUT2D eigenvalue weighted by molar-refractivity contribution is 0.234. The highest BCUT2D eigenvalue weighted by Crippen LogP contribution is 2.60. The van der Waals surface area contributed by atoms with Crippen molar-refractivity contribution in [1.82, 2.24) is 0 Å². The first-order valence-corrected chi connectivity index (χ1v) is 12.3. The van der Waals surface area contributed by atoms with E-state index in [1.165, 1.54) is 48.5 Å². The van der Waals surface area contributed by atoms with Crippen LogP contribution in [0.3, 0.4) is 0 Å². The maximum Gasteiger partial charge on any atom is 0.596 e. The molecule has 0 spiro atoms. The summed E-state index contributed by atoms with van der Waals surface area (Å²) in [6.07, 6.45) is 0. The smallest absolute Gasteiger partial charge is 0.423 e. The number of phosphoric acid groups is 2. The van der Waals surface area contributed by atoms with E-state index in [2.05, 4.69) is 4.31 Å². The van der Waals surface area contributed by atoms with Crippen molar-refractivity contribution in [2.45, 2.75) is 13.8 Å². The molecule has 172 valence electrons. The second-order valence-corrected chi connectivity index (χ2v) is 9.91. The van der Waals surface area contributed by atoms with Gasteiger partial charge in [0.1, 0.15) is 22.7 Å². The van der Waals surface area contributed by atoms with Gasteiger partial charge in [-0.2, -0.15) is 4.31 Å². The van der Waals surface area contributed by atoms with Gasteiger partial charge in [0.25, 0.3) is 0 Å². The lowest BCUT2D eigenvalue weighted by Crippen LogP contribution is -2.05. The molecular weight excluding hydrogens is 478 g/mol. The Hall–Kier alpha value is -3.20. The van der Waals surface area contributed by atoms with Gasteiger partial charge in [-0.25, -0.2) is 18.7 Å². The molecule has 0 atom stereocenters. The van der Waals surface area contributed by atoms with Crippen LogP contribution < -0.4 is 20.3 Å². The molecule has 0 aliphatic rings. The zero-order chi connectivity index (χ0) is 24.0. The number of hydrogen-bond donors (Lipinski definition) is 2. The van der Waals surface area contributed by atoms with Crippen molar-refractivity contribution in [3.8, 4) is 11.5 Å². The maximum absolute atomic E-state index is 13.2. The fourth-order valence-electron chi connectivity index (χ4n) is 3.16. The Balaban J connectivity index is 1.74. The first kappa shape index (κ1) is 23.0. The van der Waals surface area contributed by atoms with Crippen molar-refractivity contribution >= 4 is 37.6 Å². The van der Waals surface area contributed by atoms with Crippen LogP contribution in [0.15, 0.2) is 67.0 Å². The molecule has 0 saturated carbocycles. The van der Waals surface area contributed by atoms with Gasteiger partial charge in [-0.05, 0) is 49.2 Å². The average Bonchev–Trinajstić information content (AvgIpc) is 2.65. The van der Waals surface area contributed by atoms with Crippen LogP contribution in [-0.4, -0.2) is 9.79 Å². The summed E-state index contributed by atoms with van der Waals surface area (Å²) in [5.41, 5.74) is 0.150. The standard InChI is InChI=1S/C20H16O11P2/c1-11-7-19(21)27-17-9-13(3-5-15(11)17)29-33(26,31-32(23,24)25)30-14-4-6-16-12(2)8-20(22)28-18(16)10-14/h3-10H,1-2H3,(H2,23,24,25). The monoisotopic (exact) mass is 494 g/mol. The molecule has 2 N–H and O–H groups in total. The molecule has 0 fully saturated rings. The maximum atomic E-state index is 13.2. The van der Waals surface area contributed by atoms with Crippen LogP contribution in [-0.2, 0) is 13.4 Å². The molecule has 0 aliphatic carbocycles. The van der Waals surface area contributed by atoms with Gasteiger partial charge < -0.3 is 27.7 Å². The van der Waals surface area contributed by atoms with Crippen molar-refractivity contribution in [3.63, 3.8) is 0 Å². The van der Waals surface area contributed by atoms with E-state index in [0.717, 1.165) is 0 Å². The fourth-order valence-corrected chi connectivity index (χ4v) is 5.25. The lowest BCUT2D eigenvalue weighted by Gasteiger charge is -2.19. The zero-order valence-electron chi connectivity index (χ0n) is 17.1. The van der Waals surface area contributed by atoms with Crippen LogP contribution in [0.25, 0.3) is 21.9 Å². The summed E-state index contributed by atoms with van der Waals surface area (Å²) in [5.74, 6) is -0.424. The minimum atomic E-state index is -5.35. The fraction of sp³-hybridized carbons (Fsp3) is 0.100. The second-order valence-electron chi connectivity index (χ2n) is 7.01. The molecule has 2 aromatic carbocycles. The number of fused-ring (bicyclic) bond motifs is 2. The van der Waals surface area contributed by atoms with Gasteiger partial charge in [0, 0.05) is 35.0 Å². The minimum Gasteiger partial charge on any atom is -0.423 e. The Bertz CT molecular complexity index is 1490. The Morgan fingerprint density at radius 1 is 0.727 bits per heavy atom. The summed E-state index contributed by atoms with van der Waals surface area (Å²) in [7, 11) is -10.3. The lowest BCUT2D eigenvalue weighted by atomic mass is 10.1. The molecule has 4 rings (SSSR count). The van der Waals surface area contributed by atoms with Crippen molar-refractivity contribution in [1.29, 1.82) is 0 Å². The predicted molar refractivity (Wildman–Crippen MR) is 116 cm³/mol. The summed E-state index contributed by atoms with van der Waals surface area (Å²) < 4.78 is 49.5. The van der Waals surface area contributed by atoms with Crippen molar-refractivity contribution in [3.05, 3.63) is 80.5 Å². The van der Waals surface area contributed by atoms with E-state index in [1.54, 1.807) is 13.8 Å². The first-order valence-electron chi connectivity index (χ1n) is 9.26. The average molecular weight is 494 g/mol. The topological polar surface area (TPSA) is 163 Å². The number of phosphoric ester groups is 1. The van der Waals surface area contributed by atoms with Crippen LogP contribution in [0.4, 0.5) is 0 Å². The van der Waals surface area contributed by atoms with Gasteiger partial charge in [-0.3, -0.25) is 0 Å². The molecule has 0 aliphatic heterocycles. The van der Waals surface area contributed by atoms with Crippen LogP contribution >= 0.6 is 15.6 Å². The van der Waals surface area contributed by atoms with Crippen LogP contribution in [0.2, 0.25) is 0 Å². The van der Waals surface area contributed by atoms with E-state index in [9.17, 15) is 28.5 Å². The van der Waals surface area contributed by atoms with Crippen molar-refractivity contribution in [2.75, 3.05) is 0 Å². The normalized spacial score (nSPS) is 12.2.